The van der Waals surface area contributed by atoms with Crippen molar-refractivity contribution < 1.29 is 22.0 Å². The zero-order chi connectivity index (χ0) is 15.6. The molecule has 1 aromatic carbocycles. The lowest BCUT2D eigenvalue weighted by Crippen LogP contribution is -2.51. The standard InChI is InChI=1S/C12H15F2N3O3S/c1-21(19,20)17-6-4-16(5-7-17)12(18)15-11-3-2-9(13)8-10(11)14/h2-3,8H,4-7H2,1H3,(H,15,18). The summed E-state index contributed by atoms with van der Waals surface area (Å²) in [5.74, 6) is -1.59. The van der Waals surface area contributed by atoms with Crippen LogP contribution in [0.15, 0.2) is 18.2 Å². The smallest absolute Gasteiger partial charge is 0.322 e. The minimum Gasteiger partial charge on any atom is -0.322 e. The van der Waals surface area contributed by atoms with Crippen LogP contribution in [0.4, 0.5) is 19.3 Å². The number of hydrogen-bond acceptors (Lipinski definition) is 3. The molecule has 0 bridgehead atoms. The van der Waals surface area contributed by atoms with Crippen molar-refractivity contribution in [2.24, 2.45) is 0 Å². The Morgan fingerprint density at radius 2 is 1.81 bits per heavy atom. The molecule has 1 aliphatic rings. The van der Waals surface area contributed by atoms with Gasteiger partial charge in [0, 0.05) is 32.2 Å². The van der Waals surface area contributed by atoms with Crippen LogP contribution in [0, 0.1) is 11.6 Å². The average molecular weight is 319 g/mol. The molecule has 1 aromatic rings. The molecule has 6 nitrogen and oxygen atoms in total. The van der Waals surface area contributed by atoms with E-state index in [-0.39, 0.29) is 31.9 Å². The van der Waals surface area contributed by atoms with Crippen molar-refractivity contribution in [1.82, 2.24) is 9.21 Å². The third-order valence-corrected chi connectivity index (χ3v) is 4.47. The van der Waals surface area contributed by atoms with Gasteiger partial charge in [-0.2, -0.15) is 4.31 Å². The molecule has 0 radical (unpaired) electrons. The molecular formula is C12H15F2N3O3S. The minimum absolute atomic E-state index is 0.119. The number of benzene rings is 1. The second-order valence-electron chi connectivity index (χ2n) is 4.70. The van der Waals surface area contributed by atoms with Crippen LogP contribution in [-0.2, 0) is 10.0 Å². The van der Waals surface area contributed by atoms with Crippen molar-refractivity contribution in [2.75, 3.05) is 37.8 Å². The monoisotopic (exact) mass is 319 g/mol. The van der Waals surface area contributed by atoms with E-state index in [4.69, 9.17) is 0 Å². The maximum atomic E-state index is 13.4. The lowest BCUT2D eigenvalue weighted by atomic mass is 10.3. The first-order valence-electron chi connectivity index (χ1n) is 6.23. The van der Waals surface area contributed by atoms with Crippen LogP contribution in [0.1, 0.15) is 0 Å². The van der Waals surface area contributed by atoms with Crippen molar-refractivity contribution >= 4 is 21.7 Å². The fourth-order valence-corrected chi connectivity index (χ4v) is 2.83. The molecule has 0 spiro atoms. The van der Waals surface area contributed by atoms with Gasteiger partial charge in [0.05, 0.1) is 11.9 Å². The Kier molecular flexibility index (Phi) is 4.43. The van der Waals surface area contributed by atoms with E-state index in [0.29, 0.717) is 6.07 Å². The van der Waals surface area contributed by atoms with Crippen molar-refractivity contribution in [2.45, 2.75) is 0 Å². The molecule has 1 heterocycles. The van der Waals surface area contributed by atoms with Gasteiger partial charge in [0.2, 0.25) is 10.0 Å². The predicted octanol–water partition coefficient (Wildman–Crippen LogP) is 1.07. The van der Waals surface area contributed by atoms with Gasteiger partial charge in [-0.15, -0.1) is 0 Å². The van der Waals surface area contributed by atoms with Crippen molar-refractivity contribution in [1.29, 1.82) is 0 Å². The van der Waals surface area contributed by atoms with Crippen LogP contribution >= 0.6 is 0 Å². The van der Waals surface area contributed by atoms with Crippen molar-refractivity contribution in [3.05, 3.63) is 29.8 Å². The number of rotatable bonds is 2. The Hall–Kier alpha value is -1.74. The van der Waals surface area contributed by atoms with Gasteiger partial charge < -0.3 is 10.2 Å². The molecule has 2 rings (SSSR count). The fraction of sp³-hybridized carbons (Fsp3) is 0.417. The molecule has 0 atom stereocenters. The molecule has 0 aliphatic carbocycles. The third-order valence-electron chi connectivity index (χ3n) is 3.17. The van der Waals surface area contributed by atoms with Crippen LogP contribution in [0.3, 0.4) is 0 Å². The summed E-state index contributed by atoms with van der Waals surface area (Å²) >= 11 is 0. The number of amides is 2. The number of urea groups is 1. The van der Waals surface area contributed by atoms with E-state index in [1.54, 1.807) is 0 Å². The zero-order valence-corrected chi connectivity index (χ0v) is 12.2. The van der Waals surface area contributed by atoms with Gasteiger partial charge in [0.1, 0.15) is 11.6 Å². The highest BCUT2D eigenvalue weighted by atomic mass is 32.2. The molecule has 1 saturated heterocycles. The Labute approximate surface area is 121 Å². The minimum atomic E-state index is -3.27. The molecule has 1 aliphatic heterocycles. The van der Waals surface area contributed by atoms with E-state index in [0.717, 1.165) is 18.4 Å². The Morgan fingerprint density at radius 1 is 1.19 bits per heavy atom. The third kappa shape index (κ3) is 3.88. The number of carbonyl (C=O) groups is 1. The van der Waals surface area contributed by atoms with Crippen LogP contribution < -0.4 is 5.32 Å². The zero-order valence-electron chi connectivity index (χ0n) is 11.3. The highest BCUT2D eigenvalue weighted by molar-refractivity contribution is 7.88. The number of sulfonamides is 1. The number of anilines is 1. The van der Waals surface area contributed by atoms with E-state index in [2.05, 4.69) is 5.32 Å². The van der Waals surface area contributed by atoms with Crippen LogP contribution in [-0.4, -0.2) is 56.1 Å². The lowest BCUT2D eigenvalue weighted by Gasteiger charge is -2.33. The van der Waals surface area contributed by atoms with E-state index in [9.17, 15) is 22.0 Å². The number of hydrogen-bond donors (Lipinski definition) is 1. The van der Waals surface area contributed by atoms with E-state index in [1.165, 1.54) is 9.21 Å². The molecule has 2 amide bonds. The van der Waals surface area contributed by atoms with Gasteiger partial charge in [-0.05, 0) is 12.1 Å². The Bertz CT molecular complexity index is 643. The molecule has 21 heavy (non-hydrogen) atoms. The van der Waals surface area contributed by atoms with Crippen molar-refractivity contribution in [3.63, 3.8) is 0 Å². The highest BCUT2D eigenvalue weighted by Gasteiger charge is 2.26. The summed E-state index contributed by atoms with van der Waals surface area (Å²) in [5.41, 5.74) is -0.119. The molecule has 0 unspecified atom stereocenters. The normalized spacial score (nSPS) is 16.8. The first-order chi connectivity index (χ1) is 9.77. The van der Waals surface area contributed by atoms with E-state index in [1.807, 2.05) is 0 Å². The van der Waals surface area contributed by atoms with Gasteiger partial charge in [-0.25, -0.2) is 22.0 Å². The second kappa shape index (κ2) is 5.94. The van der Waals surface area contributed by atoms with Crippen LogP contribution in [0.2, 0.25) is 0 Å². The fourth-order valence-electron chi connectivity index (χ4n) is 2.01. The van der Waals surface area contributed by atoms with Crippen LogP contribution in [0.25, 0.3) is 0 Å². The SMILES string of the molecule is CS(=O)(=O)N1CCN(C(=O)Nc2ccc(F)cc2F)CC1. The maximum Gasteiger partial charge on any atom is 0.322 e. The first-order valence-corrected chi connectivity index (χ1v) is 8.08. The molecule has 0 aromatic heterocycles. The van der Waals surface area contributed by atoms with Crippen LogP contribution in [0.5, 0.6) is 0 Å². The summed E-state index contributed by atoms with van der Waals surface area (Å²) in [5, 5.41) is 2.34. The van der Waals surface area contributed by atoms with Gasteiger partial charge >= 0.3 is 6.03 Å². The summed E-state index contributed by atoms with van der Waals surface area (Å²) in [6.45, 7) is 0.805. The summed E-state index contributed by atoms with van der Waals surface area (Å²) in [7, 11) is -3.27. The van der Waals surface area contributed by atoms with E-state index >= 15 is 0 Å². The maximum absolute atomic E-state index is 13.4. The first kappa shape index (κ1) is 15.6. The number of piperazine rings is 1. The predicted molar refractivity (Wildman–Crippen MR) is 73.4 cm³/mol. The summed E-state index contributed by atoms with van der Waals surface area (Å²) in [6.07, 6.45) is 1.11. The van der Waals surface area contributed by atoms with Gasteiger partial charge in [-0.3, -0.25) is 0 Å². The number of nitrogens with one attached hydrogen (secondary N) is 1. The molecular weight excluding hydrogens is 304 g/mol. The number of carbonyl (C=O) groups excluding carboxylic acids is 1. The quantitative estimate of drug-likeness (QED) is 0.886. The second-order valence-corrected chi connectivity index (χ2v) is 6.69. The van der Waals surface area contributed by atoms with Gasteiger partial charge in [0.25, 0.3) is 0 Å². The highest BCUT2D eigenvalue weighted by Crippen LogP contribution is 2.16. The average Bonchev–Trinajstić information content (AvgIpc) is 2.41. The Balaban J connectivity index is 1.96. The van der Waals surface area contributed by atoms with Crippen molar-refractivity contribution in [3.8, 4) is 0 Å². The molecule has 1 fully saturated rings. The summed E-state index contributed by atoms with van der Waals surface area (Å²) < 4.78 is 50.2. The van der Waals surface area contributed by atoms with E-state index < -0.39 is 27.7 Å². The Morgan fingerprint density at radius 3 is 2.33 bits per heavy atom. The molecule has 9 heteroatoms. The topological polar surface area (TPSA) is 69.7 Å². The van der Waals surface area contributed by atoms with Gasteiger partial charge in [0.15, 0.2) is 0 Å². The molecule has 0 saturated carbocycles. The number of nitrogens with zero attached hydrogens (tertiary/aromatic N) is 2. The molecule has 1 N–H and O–H groups in total. The van der Waals surface area contributed by atoms with Gasteiger partial charge in [-0.1, -0.05) is 0 Å². The summed E-state index contributed by atoms with van der Waals surface area (Å²) in [6, 6.07) is 2.31. The number of halogens is 2. The lowest BCUT2D eigenvalue weighted by molar-refractivity contribution is 0.184. The molecule has 116 valence electrons. The summed E-state index contributed by atoms with van der Waals surface area (Å²) in [4.78, 5) is 13.3. The largest absolute Gasteiger partial charge is 0.322 e.